The van der Waals surface area contributed by atoms with Gasteiger partial charge in [-0.1, -0.05) is 13.8 Å². The molecule has 0 bridgehead atoms. The highest BCUT2D eigenvalue weighted by atomic mass is 16.1. The van der Waals surface area contributed by atoms with Crippen LogP contribution in [0.15, 0.2) is 0 Å². The quantitative estimate of drug-likeness (QED) is 0.767. The van der Waals surface area contributed by atoms with E-state index in [0.717, 1.165) is 18.4 Å². The van der Waals surface area contributed by atoms with Crippen LogP contribution >= 0.6 is 0 Å². The van der Waals surface area contributed by atoms with Gasteiger partial charge in [0.1, 0.15) is 5.92 Å². The maximum atomic E-state index is 11.9. The van der Waals surface area contributed by atoms with Crippen molar-refractivity contribution >= 4 is 5.91 Å². The standard InChI is InChI=1S/C14H22N2O/c1-9(2)12(7-15)14(17)16-8-13(10-3-4-10)11-5-6-11/h9-13H,3-6,8H2,1-2H3,(H,16,17). The highest BCUT2D eigenvalue weighted by molar-refractivity contribution is 5.81. The molecule has 2 saturated carbocycles. The van der Waals surface area contributed by atoms with E-state index in [2.05, 4.69) is 11.4 Å². The van der Waals surface area contributed by atoms with Crippen molar-refractivity contribution in [2.45, 2.75) is 39.5 Å². The van der Waals surface area contributed by atoms with Gasteiger partial charge in [-0.2, -0.15) is 5.26 Å². The Bertz CT molecular complexity index is 312. The van der Waals surface area contributed by atoms with Gasteiger partial charge in [0.2, 0.25) is 5.91 Å². The third-order valence-corrected chi connectivity index (χ3v) is 4.06. The van der Waals surface area contributed by atoms with Gasteiger partial charge >= 0.3 is 0 Å². The van der Waals surface area contributed by atoms with Crippen LogP contribution in [-0.4, -0.2) is 12.5 Å². The van der Waals surface area contributed by atoms with Crippen LogP contribution in [0.4, 0.5) is 0 Å². The largest absolute Gasteiger partial charge is 0.355 e. The number of hydrogen-bond donors (Lipinski definition) is 1. The van der Waals surface area contributed by atoms with Gasteiger partial charge in [-0.3, -0.25) is 4.79 Å². The lowest BCUT2D eigenvalue weighted by Crippen LogP contribution is -2.37. The van der Waals surface area contributed by atoms with Crippen LogP contribution < -0.4 is 5.32 Å². The number of rotatable bonds is 6. The molecule has 3 heteroatoms. The highest BCUT2D eigenvalue weighted by Gasteiger charge is 2.41. The number of carbonyl (C=O) groups excluding carboxylic acids is 1. The molecule has 0 aliphatic heterocycles. The van der Waals surface area contributed by atoms with E-state index in [4.69, 9.17) is 5.26 Å². The summed E-state index contributed by atoms with van der Waals surface area (Å²) in [6.45, 7) is 4.64. The van der Waals surface area contributed by atoms with E-state index in [9.17, 15) is 4.79 Å². The Morgan fingerprint density at radius 1 is 1.29 bits per heavy atom. The summed E-state index contributed by atoms with van der Waals surface area (Å²) in [5.74, 6) is 1.92. The smallest absolute Gasteiger partial charge is 0.237 e. The average molecular weight is 234 g/mol. The normalized spacial score (nSPS) is 21.4. The van der Waals surface area contributed by atoms with Crippen molar-refractivity contribution in [2.24, 2.45) is 29.6 Å². The van der Waals surface area contributed by atoms with Crippen LogP contribution in [0.25, 0.3) is 0 Å². The van der Waals surface area contributed by atoms with Gasteiger partial charge in [0.25, 0.3) is 0 Å². The van der Waals surface area contributed by atoms with Crippen LogP contribution in [0.3, 0.4) is 0 Å². The topological polar surface area (TPSA) is 52.9 Å². The van der Waals surface area contributed by atoms with Gasteiger partial charge in [-0.25, -0.2) is 0 Å². The van der Waals surface area contributed by atoms with Gasteiger partial charge in [0.05, 0.1) is 6.07 Å². The third-order valence-electron chi connectivity index (χ3n) is 4.06. The van der Waals surface area contributed by atoms with E-state index in [-0.39, 0.29) is 11.8 Å². The number of nitrogens with one attached hydrogen (secondary N) is 1. The second-order valence-electron chi connectivity index (χ2n) is 5.93. The van der Waals surface area contributed by atoms with E-state index in [1.807, 2.05) is 13.8 Å². The third kappa shape index (κ3) is 3.21. The Kier molecular flexibility index (Phi) is 3.71. The summed E-state index contributed by atoms with van der Waals surface area (Å²) in [4.78, 5) is 11.9. The van der Waals surface area contributed by atoms with E-state index < -0.39 is 5.92 Å². The fourth-order valence-corrected chi connectivity index (χ4v) is 2.61. The molecule has 0 saturated heterocycles. The number of nitriles is 1. The summed E-state index contributed by atoms with van der Waals surface area (Å²) < 4.78 is 0. The molecule has 17 heavy (non-hydrogen) atoms. The van der Waals surface area contributed by atoms with E-state index >= 15 is 0 Å². The van der Waals surface area contributed by atoms with Crippen LogP contribution in [0.2, 0.25) is 0 Å². The second-order valence-corrected chi connectivity index (χ2v) is 5.93. The van der Waals surface area contributed by atoms with Gasteiger partial charge in [0, 0.05) is 6.54 Å². The molecule has 0 aromatic rings. The first-order chi connectivity index (χ1) is 8.13. The summed E-state index contributed by atoms with van der Waals surface area (Å²) >= 11 is 0. The molecule has 2 aliphatic rings. The molecule has 1 unspecified atom stereocenters. The molecule has 3 nitrogen and oxygen atoms in total. The summed E-state index contributed by atoms with van der Waals surface area (Å²) in [5, 5.41) is 12.0. The predicted molar refractivity (Wildman–Crippen MR) is 65.9 cm³/mol. The molecule has 0 radical (unpaired) electrons. The number of amides is 1. The highest BCUT2D eigenvalue weighted by Crippen LogP contribution is 2.48. The Morgan fingerprint density at radius 3 is 2.18 bits per heavy atom. The van der Waals surface area contributed by atoms with Crippen LogP contribution in [0.5, 0.6) is 0 Å². The van der Waals surface area contributed by atoms with Gasteiger partial charge in [-0.15, -0.1) is 0 Å². The van der Waals surface area contributed by atoms with Gasteiger partial charge in [0.15, 0.2) is 0 Å². The first kappa shape index (κ1) is 12.4. The summed E-state index contributed by atoms with van der Waals surface area (Å²) in [5.41, 5.74) is 0. The molecule has 94 valence electrons. The molecule has 0 spiro atoms. The number of nitrogens with zero attached hydrogens (tertiary/aromatic N) is 1. The van der Waals surface area contributed by atoms with Crippen LogP contribution in [0, 0.1) is 40.9 Å². The molecule has 1 amide bonds. The van der Waals surface area contributed by atoms with Crippen LogP contribution in [0.1, 0.15) is 39.5 Å². The lowest BCUT2D eigenvalue weighted by Gasteiger charge is -2.18. The SMILES string of the molecule is CC(C)C(C#N)C(=O)NCC(C1CC1)C1CC1. The van der Waals surface area contributed by atoms with Crippen molar-refractivity contribution in [3.8, 4) is 6.07 Å². The lowest BCUT2D eigenvalue weighted by molar-refractivity contribution is -0.124. The Balaban J connectivity index is 1.80. The van der Waals surface area contributed by atoms with Gasteiger partial charge < -0.3 is 5.32 Å². The van der Waals surface area contributed by atoms with Crippen molar-refractivity contribution in [1.82, 2.24) is 5.32 Å². The van der Waals surface area contributed by atoms with Crippen molar-refractivity contribution in [3.63, 3.8) is 0 Å². The second kappa shape index (κ2) is 5.08. The minimum absolute atomic E-state index is 0.0752. The summed E-state index contributed by atoms with van der Waals surface area (Å²) in [6, 6.07) is 2.10. The van der Waals surface area contributed by atoms with Crippen molar-refractivity contribution in [1.29, 1.82) is 5.26 Å². The summed E-state index contributed by atoms with van der Waals surface area (Å²) in [7, 11) is 0. The fourth-order valence-electron chi connectivity index (χ4n) is 2.61. The Morgan fingerprint density at radius 2 is 1.82 bits per heavy atom. The van der Waals surface area contributed by atoms with Gasteiger partial charge in [-0.05, 0) is 49.4 Å². The molecule has 2 fully saturated rings. The zero-order chi connectivity index (χ0) is 12.4. The molecule has 0 aromatic heterocycles. The maximum Gasteiger partial charge on any atom is 0.237 e. The molecule has 0 aromatic carbocycles. The molecule has 2 aliphatic carbocycles. The minimum atomic E-state index is -0.492. The molecule has 1 atom stereocenters. The van der Waals surface area contributed by atoms with Crippen LogP contribution in [-0.2, 0) is 4.79 Å². The van der Waals surface area contributed by atoms with E-state index in [1.54, 1.807) is 0 Å². The zero-order valence-electron chi connectivity index (χ0n) is 10.8. The van der Waals surface area contributed by atoms with Crippen molar-refractivity contribution in [3.05, 3.63) is 0 Å². The molecule has 1 N–H and O–H groups in total. The molecule has 2 rings (SSSR count). The number of carbonyl (C=O) groups is 1. The Labute approximate surface area is 104 Å². The lowest BCUT2D eigenvalue weighted by atomic mass is 9.95. The monoisotopic (exact) mass is 234 g/mol. The van der Waals surface area contributed by atoms with Crippen molar-refractivity contribution in [2.75, 3.05) is 6.54 Å². The first-order valence-electron chi connectivity index (χ1n) is 6.80. The zero-order valence-corrected chi connectivity index (χ0v) is 10.8. The maximum absolute atomic E-state index is 11.9. The fraction of sp³-hybridized carbons (Fsp3) is 0.857. The predicted octanol–water partition coefficient (Wildman–Crippen LogP) is 2.33. The molecular formula is C14H22N2O. The summed E-state index contributed by atoms with van der Waals surface area (Å²) in [6.07, 6.45) is 5.34. The van der Waals surface area contributed by atoms with Crippen molar-refractivity contribution < 1.29 is 4.79 Å². The number of hydrogen-bond acceptors (Lipinski definition) is 2. The Hall–Kier alpha value is -1.04. The molecule has 0 heterocycles. The molecular weight excluding hydrogens is 212 g/mol. The van der Waals surface area contributed by atoms with E-state index in [0.29, 0.717) is 5.92 Å². The van der Waals surface area contributed by atoms with E-state index in [1.165, 1.54) is 25.7 Å². The first-order valence-corrected chi connectivity index (χ1v) is 6.80. The minimum Gasteiger partial charge on any atom is -0.355 e. The average Bonchev–Trinajstić information content (AvgIpc) is 3.13.